The molecule has 18 aromatic rings. The van der Waals surface area contributed by atoms with Gasteiger partial charge in [0.15, 0.2) is 11.2 Å². The summed E-state index contributed by atoms with van der Waals surface area (Å²) in [6.45, 7) is 13.3. The van der Waals surface area contributed by atoms with Crippen molar-refractivity contribution in [3.63, 3.8) is 0 Å². The van der Waals surface area contributed by atoms with Crippen molar-refractivity contribution in [1.82, 2.24) is 38.2 Å². The zero-order valence-electron chi connectivity index (χ0n) is 51.9. The summed E-state index contributed by atoms with van der Waals surface area (Å²) in [6.07, 6.45) is 7.46. The number of rotatable bonds is 6. The van der Waals surface area contributed by atoms with E-state index in [2.05, 4.69) is 213 Å². The molecule has 18 rings (SSSR count). The number of furan rings is 2. The monoisotopic (exact) mass is 1290 g/mol. The van der Waals surface area contributed by atoms with Crippen LogP contribution in [0.3, 0.4) is 0 Å². The lowest BCUT2D eigenvalue weighted by Gasteiger charge is -2.20. The van der Waals surface area contributed by atoms with Crippen molar-refractivity contribution in [1.29, 1.82) is 0 Å². The molecule has 10 aromatic carbocycles. The van der Waals surface area contributed by atoms with E-state index in [4.69, 9.17) is 23.5 Å². The van der Waals surface area contributed by atoms with Gasteiger partial charge in [-0.3, -0.25) is 18.3 Å². The fourth-order valence-corrected chi connectivity index (χ4v) is 13.3. The molecule has 0 saturated heterocycles. The number of aromatic hydroxyl groups is 1. The number of benzene rings is 10. The summed E-state index contributed by atoms with van der Waals surface area (Å²) >= 11 is 3.52. The molecule has 0 radical (unpaired) electrons. The van der Waals surface area contributed by atoms with Gasteiger partial charge in [-0.25, -0.2) is 19.9 Å². The highest BCUT2D eigenvalue weighted by atomic mass is 79.9. The molecule has 8 aromatic heterocycles. The van der Waals surface area contributed by atoms with Crippen LogP contribution in [-0.4, -0.2) is 43.3 Å². The lowest BCUT2D eigenvalue weighted by molar-refractivity contribution is 0.476. The Kier molecular flexibility index (Phi) is 14.5. The van der Waals surface area contributed by atoms with Gasteiger partial charge in [-0.2, -0.15) is 0 Å². The number of phenolic OH excluding ortho intramolecular Hbond substituents is 1. The van der Waals surface area contributed by atoms with E-state index in [1.165, 1.54) is 16.5 Å². The van der Waals surface area contributed by atoms with Gasteiger partial charge < -0.3 is 18.7 Å². The summed E-state index contributed by atoms with van der Waals surface area (Å²) in [4.78, 5) is 18.8. The first-order valence-corrected chi connectivity index (χ1v) is 31.8. The first-order chi connectivity index (χ1) is 45.2. The zero-order valence-corrected chi connectivity index (χ0v) is 53.5. The maximum Gasteiger partial charge on any atom is 0.163 e. The van der Waals surface area contributed by atoms with Gasteiger partial charge in [0.1, 0.15) is 63.7 Å². The molecule has 1 N–H and O–H groups in total. The predicted octanol–water partition coefficient (Wildman–Crippen LogP) is 22.0. The Balaban J connectivity index is 0.000000128. The van der Waals surface area contributed by atoms with Gasteiger partial charge in [0, 0.05) is 83.8 Å². The molecule has 0 fully saturated rings. The Hall–Kier alpha value is -11.3. The largest absolute Gasteiger partial charge is 0.508 e. The number of fused-ring (bicyclic) bond motifs is 16. The molecule has 460 valence electrons. The molecule has 0 bridgehead atoms. The van der Waals surface area contributed by atoms with Gasteiger partial charge in [0.05, 0.1) is 38.8 Å². The third kappa shape index (κ3) is 10.3. The summed E-state index contributed by atoms with van der Waals surface area (Å²) in [5.41, 5.74) is 15.9. The van der Waals surface area contributed by atoms with Gasteiger partial charge in [-0.15, -0.1) is 0 Å². The molecule has 12 nitrogen and oxygen atoms in total. The fourth-order valence-electron chi connectivity index (χ4n) is 12.9. The van der Waals surface area contributed by atoms with Crippen molar-refractivity contribution in [3.8, 4) is 40.3 Å². The first-order valence-electron chi connectivity index (χ1n) is 31.0. The molecule has 0 amide bonds. The van der Waals surface area contributed by atoms with Gasteiger partial charge in [-0.05, 0) is 149 Å². The minimum absolute atomic E-state index is 0. The quantitative estimate of drug-likeness (QED) is 0.174. The van der Waals surface area contributed by atoms with E-state index in [-0.39, 0.29) is 24.0 Å². The molecular formula is C81H65BrN8O4. The number of hydrogen-bond donors (Lipinski definition) is 1. The Morgan fingerprint density at radius 1 is 0.383 bits per heavy atom. The molecule has 8 heterocycles. The van der Waals surface area contributed by atoms with Crippen molar-refractivity contribution in [3.05, 3.63) is 271 Å². The van der Waals surface area contributed by atoms with Crippen LogP contribution in [0.2, 0.25) is 0 Å². The highest BCUT2D eigenvalue weighted by molar-refractivity contribution is 9.10. The van der Waals surface area contributed by atoms with Crippen molar-refractivity contribution in [2.45, 2.75) is 59.8 Å². The van der Waals surface area contributed by atoms with E-state index in [1.54, 1.807) is 12.1 Å². The summed E-state index contributed by atoms with van der Waals surface area (Å²) in [5.74, 6) is 3.51. The Labute approximate surface area is 550 Å². The molecule has 0 saturated carbocycles. The molecule has 0 unspecified atom stereocenters. The number of imidazole rings is 2. The van der Waals surface area contributed by atoms with Crippen LogP contribution in [0.4, 0.5) is 0 Å². The standard InChI is InChI=1S/C40H30N4O2.C21H20N2O.C19H11BrN2O.CH4/c1-40(2,3)25-19-20-41-37(21-25)44-33-13-6-4-11-29(33)30-16-15-28(23-35(30)44)45-27-10-8-9-26(22-27)43-24-42-38-34(43)18-17-32-31-12-5-7-14-36(31)46-39(32)38;1-21(2,3)14-10-11-22-20(12-14)23-18-7-5-4-6-16(18)17-9-8-15(24)13-19(17)23;20-12-4-3-5-13(10-12)22-11-21-18-16(22)9-8-15-14-6-1-2-7-17(14)23-19(15)18;/h4-24H,1-3H3;4-13,24H,1-3H3;1-11H;1H4. The van der Waals surface area contributed by atoms with E-state index >= 15 is 0 Å². The predicted molar refractivity (Wildman–Crippen MR) is 387 cm³/mol. The highest BCUT2D eigenvalue weighted by Crippen LogP contribution is 2.40. The Morgan fingerprint density at radius 3 is 1.36 bits per heavy atom. The number of pyridine rings is 2. The Morgan fingerprint density at radius 2 is 0.830 bits per heavy atom. The van der Waals surface area contributed by atoms with Crippen LogP contribution in [0.5, 0.6) is 17.2 Å². The van der Waals surface area contributed by atoms with Gasteiger partial charge >= 0.3 is 0 Å². The average molecular weight is 1290 g/mol. The lowest BCUT2D eigenvalue weighted by Crippen LogP contribution is -2.12. The smallest absolute Gasteiger partial charge is 0.163 e. The maximum atomic E-state index is 9.98. The third-order valence-electron chi connectivity index (χ3n) is 17.5. The van der Waals surface area contributed by atoms with Gasteiger partial charge in [0.25, 0.3) is 0 Å². The minimum atomic E-state index is 0. The third-order valence-corrected chi connectivity index (χ3v) is 18.0. The van der Waals surface area contributed by atoms with E-state index < -0.39 is 0 Å². The van der Waals surface area contributed by atoms with Crippen LogP contribution in [0.15, 0.2) is 269 Å². The van der Waals surface area contributed by atoms with Crippen molar-refractivity contribution in [2.24, 2.45) is 0 Å². The second-order valence-corrected chi connectivity index (χ2v) is 26.4. The SMILES string of the molecule is Brc1cccc(-n2cnc3c4oc5ccccc5c4ccc32)c1.C.CC(C)(C)c1ccnc(-n2c3ccccc3c3ccc(O)cc32)c1.CC(C)(C)c1ccnc(-n2c3ccccc3c3ccc(Oc4cccc(-n5cnc6c7oc8ccccc8c7ccc65)c4)cc32)c1. The highest BCUT2D eigenvalue weighted by Gasteiger charge is 2.22. The van der Waals surface area contributed by atoms with E-state index in [1.807, 2.05) is 116 Å². The molecule has 0 aliphatic heterocycles. The van der Waals surface area contributed by atoms with Crippen LogP contribution in [-0.2, 0) is 10.8 Å². The number of halogens is 1. The van der Waals surface area contributed by atoms with Gasteiger partial charge in [-0.1, -0.05) is 150 Å². The number of para-hydroxylation sites is 4. The topological polar surface area (TPSA) is 127 Å². The summed E-state index contributed by atoms with van der Waals surface area (Å²) in [5, 5.41) is 19.0. The number of nitrogens with zero attached hydrogens (tertiary/aromatic N) is 8. The normalized spacial score (nSPS) is 11.9. The summed E-state index contributed by atoms with van der Waals surface area (Å²) in [6, 6.07) is 77.9. The van der Waals surface area contributed by atoms with Crippen molar-refractivity contribution in [2.75, 3.05) is 0 Å². The van der Waals surface area contributed by atoms with E-state index in [0.29, 0.717) is 0 Å². The van der Waals surface area contributed by atoms with Gasteiger partial charge in [0.2, 0.25) is 0 Å². The summed E-state index contributed by atoms with van der Waals surface area (Å²) in [7, 11) is 0. The average Bonchev–Trinajstić information content (AvgIpc) is 1.63. The first kappa shape index (κ1) is 59.1. The molecule has 0 aliphatic carbocycles. The zero-order chi connectivity index (χ0) is 63.3. The molecule has 0 aliphatic rings. The van der Waals surface area contributed by atoms with Crippen molar-refractivity contribution < 1.29 is 18.7 Å². The number of phenols is 1. The van der Waals surface area contributed by atoms with E-state index in [0.717, 1.165) is 143 Å². The number of ether oxygens (including phenoxy) is 1. The fraction of sp³-hybridized carbons (Fsp3) is 0.111. The number of hydrogen-bond acceptors (Lipinski definition) is 8. The lowest BCUT2D eigenvalue weighted by atomic mass is 9.88. The second kappa shape index (κ2) is 23.1. The van der Waals surface area contributed by atoms with Crippen LogP contribution in [0.1, 0.15) is 60.1 Å². The Bertz CT molecular complexity index is 5950. The molecule has 94 heavy (non-hydrogen) atoms. The molecule has 0 atom stereocenters. The molecule has 0 spiro atoms. The van der Waals surface area contributed by atoms with Crippen molar-refractivity contribution >= 4 is 125 Å². The number of aromatic nitrogens is 8. The summed E-state index contributed by atoms with van der Waals surface area (Å²) < 4.78 is 28.4. The van der Waals surface area contributed by atoms with Crippen LogP contribution in [0.25, 0.3) is 133 Å². The van der Waals surface area contributed by atoms with Crippen LogP contribution < -0.4 is 4.74 Å². The molecule has 13 heteroatoms. The van der Waals surface area contributed by atoms with E-state index in [9.17, 15) is 5.11 Å². The minimum Gasteiger partial charge on any atom is -0.508 e. The molecular weight excluding hydrogens is 1230 g/mol. The van der Waals surface area contributed by atoms with Crippen LogP contribution >= 0.6 is 15.9 Å². The van der Waals surface area contributed by atoms with Crippen LogP contribution in [0, 0.1) is 0 Å². The maximum absolute atomic E-state index is 9.98. The second-order valence-electron chi connectivity index (χ2n) is 25.5.